The molecule has 0 radical (unpaired) electrons. The van der Waals surface area contributed by atoms with E-state index in [1.54, 1.807) is 37.5 Å². The van der Waals surface area contributed by atoms with Crippen LogP contribution in [0.15, 0.2) is 24.9 Å². The van der Waals surface area contributed by atoms with Crippen molar-refractivity contribution in [2.24, 2.45) is 0 Å². The minimum atomic E-state index is -1.15. The predicted molar refractivity (Wildman–Crippen MR) is 172 cm³/mol. The van der Waals surface area contributed by atoms with E-state index in [0.717, 1.165) is 19.6 Å². The number of amides is 1. The molecule has 1 saturated heterocycles. The van der Waals surface area contributed by atoms with E-state index >= 15 is 0 Å². The summed E-state index contributed by atoms with van der Waals surface area (Å²) in [6, 6.07) is 1.43. The largest absolute Gasteiger partial charge is 0.495 e. The topological polar surface area (TPSA) is 122 Å². The lowest BCUT2D eigenvalue weighted by molar-refractivity contribution is -0.127. The Morgan fingerprint density at radius 2 is 1.73 bits per heavy atom. The number of rotatable bonds is 14. The number of anilines is 2. The number of aliphatic hydroxyl groups excluding tert-OH is 1. The van der Waals surface area contributed by atoms with Gasteiger partial charge in [0, 0.05) is 75.9 Å². The van der Waals surface area contributed by atoms with Gasteiger partial charge in [-0.15, -0.1) is 0 Å². The van der Waals surface area contributed by atoms with Crippen LogP contribution in [0.3, 0.4) is 0 Å². The van der Waals surface area contributed by atoms with Crippen molar-refractivity contribution in [3.05, 3.63) is 46.1 Å². The molecule has 0 aliphatic carbocycles. The Labute approximate surface area is 268 Å². The third kappa shape index (κ3) is 7.56. The quantitative estimate of drug-likeness (QED) is 0.293. The average Bonchev–Trinajstić information content (AvgIpc) is 3.03. The first kappa shape index (κ1) is 33.8. The molecule has 1 atom stereocenters. The van der Waals surface area contributed by atoms with Gasteiger partial charge in [-0.25, -0.2) is 4.98 Å². The van der Waals surface area contributed by atoms with Gasteiger partial charge < -0.3 is 39.2 Å². The maximum Gasteiger partial charge on any atom is 0.246 e. The number of ether oxygens (including phenoxy) is 4. The molecule has 2 aliphatic rings. The summed E-state index contributed by atoms with van der Waals surface area (Å²) < 4.78 is 21.6. The number of carbonyl (C=O) groups excluding carboxylic acids is 1. The molecule has 0 spiro atoms. The molecular formula is C30H40Cl2N6O6. The van der Waals surface area contributed by atoms with Gasteiger partial charge in [-0.05, 0) is 25.1 Å². The smallest absolute Gasteiger partial charge is 0.246 e. The number of carbonyl (C=O) groups is 1. The summed E-state index contributed by atoms with van der Waals surface area (Å²) in [5.41, 5.74) is 1.54. The molecule has 1 aromatic carbocycles. The zero-order chi connectivity index (χ0) is 31.8. The van der Waals surface area contributed by atoms with Gasteiger partial charge in [-0.2, -0.15) is 4.98 Å². The molecule has 0 saturated carbocycles. The fourth-order valence-corrected chi connectivity index (χ4v) is 6.10. The second kappa shape index (κ2) is 15.7. The molecule has 14 heteroatoms. The minimum absolute atomic E-state index is 0.0501. The monoisotopic (exact) mass is 650 g/mol. The Balaban J connectivity index is 1.65. The van der Waals surface area contributed by atoms with E-state index in [4.69, 9.17) is 47.1 Å². The summed E-state index contributed by atoms with van der Waals surface area (Å²) in [7, 11) is 6.23. The summed E-state index contributed by atoms with van der Waals surface area (Å²) in [6.45, 7) is 8.41. The molecule has 3 heterocycles. The van der Waals surface area contributed by atoms with Crippen molar-refractivity contribution in [3.63, 3.8) is 0 Å². The van der Waals surface area contributed by atoms with Crippen LogP contribution in [0, 0.1) is 0 Å². The van der Waals surface area contributed by atoms with E-state index in [1.165, 1.54) is 20.3 Å². The lowest BCUT2D eigenvalue weighted by Gasteiger charge is -2.37. The summed E-state index contributed by atoms with van der Waals surface area (Å²) in [5.74, 6) is 1.60. The zero-order valence-corrected chi connectivity index (χ0v) is 27.0. The van der Waals surface area contributed by atoms with Gasteiger partial charge in [0.1, 0.15) is 17.3 Å². The second-order valence-corrected chi connectivity index (χ2v) is 11.2. The Bertz CT molecular complexity index is 1320. The SMILES string of the molecule is C=CC(=O)N1CCN(CCCN2c3nc(NC(COC)COC)ncc3C=C(c3c(Cl)c(OC)cc(OC)c3Cl)C2O)CC1. The van der Waals surface area contributed by atoms with Crippen LogP contribution in [-0.2, 0) is 14.3 Å². The van der Waals surface area contributed by atoms with Crippen LogP contribution >= 0.6 is 23.2 Å². The number of piperazine rings is 1. The van der Waals surface area contributed by atoms with Crippen molar-refractivity contribution in [3.8, 4) is 11.5 Å². The van der Waals surface area contributed by atoms with Crippen LogP contribution in [0.5, 0.6) is 11.5 Å². The Kier molecular flexibility index (Phi) is 12.1. The number of halogens is 2. The first-order valence-corrected chi connectivity index (χ1v) is 15.0. The van der Waals surface area contributed by atoms with Gasteiger partial charge in [0.05, 0.1) is 43.5 Å². The van der Waals surface area contributed by atoms with Gasteiger partial charge in [-0.1, -0.05) is 29.8 Å². The molecule has 1 amide bonds. The van der Waals surface area contributed by atoms with Crippen molar-refractivity contribution in [2.75, 3.05) is 91.1 Å². The molecule has 1 unspecified atom stereocenters. The number of aromatic nitrogens is 2. The zero-order valence-electron chi connectivity index (χ0n) is 25.5. The highest BCUT2D eigenvalue weighted by molar-refractivity contribution is 6.40. The number of hydrogen-bond donors (Lipinski definition) is 2. The molecule has 240 valence electrons. The van der Waals surface area contributed by atoms with E-state index in [1.807, 2.05) is 4.90 Å². The first-order chi connectivity index (χ1) is 21.3. The molecule has 2 aromatic rings. The second-order valence-electron chi connectivity index (χ2n) is 10.4. The summed E-state index contributed by atoms with van der Waals surface area (Å²) in [4.78, 5) is 27.2. The fourth-order valence-electron chi connectivity index (χ4n) is 5.38. The van der Waals surface area contributed by atoms with E-state index in [-0.39, 0.29) is 22.0 Å². The van der Waals surface area contributed by atoms with Crippen molar-refractivity contribution in [1.29, 1.82) is 0 Å². The molecule has 1 fully saturated rings. The van der Waals surface area contributed by atoms with Gasteiger partial charge in [0.15, 0.2) is 6.23 Å². The van der Waals surface area contributed by atoms with Crippen LogP contribution in [0.25, 0.3) is 11.6 Å². The van der Waals surface area contributed by atoms with Gasteiger partial charge in [-0.3, -0.25) is 9.69 Å². The van der Waals surface area contributed by atoms with Crippen LogP contribution < -0.4 is 19.7 Å². The Morgan fingerprint density at radius 1 is 1.09 bits per heavy atom. The molecular weight excluding hydrogens is 611 g/mol. The lowest BCUT2D eigenvalue weighted by Crippen LogP contribution is -2.49. The molecule has 2 N–H and O–H groups in total. The molecule has 1 aromatic heterocycles. The summed E-state index contributed by atoms with van der Waals surface area (Å²) in [6.07, 6.45) is 4.39. The Morgan fingerprint density at radius 3 is 2.30 bits per heavy atom. The van der Waals surface area contributed by atoms with Crippen molar-refractivity contribution >= 4 is 52.5 Å². The number of methoxy groups -OCH3 is 4. The van der Waals surface area contributed by atoms with Gasteiger partial charge in [0.2, 0.25) is 11.9 Å². The third-order valence-corrected chi connectivity index (χ3v) is 8.37. The van der Waals surface area contributed by atoms with Gasteiger partial charge >= 0.3 is 0 Å². The minimum Gasteiger partial charge on any atom is -0.495 e. The van der Waals surface area contributed by atoms with Crippen LogP contribution in [0.1, 0.15) is 17.5 Å². The normalized spacial score (nSPS) is 16.9. The van der Waals surface area contributed by atoms with Crippen molar-refractivity contribution < 1.29 is 28.8 Å². The highest BCUT2D eigenvalue weighted by Gasteiger charge is 2.33. The first-order valence-electron chi connectivity index (χ1n) is 14.3. The fraction of sp³-hybridized carbons (Fsp3) is 0.500. The van der Waals surface area contributed by atoms with E-state index < -0.39 is 6.23 Å². The molecule has 12 nitrogen and oxygen atoms in total. The van der Waals surface area contributed by atoms with E-state index in [9.17, 15) is 9.90 Å². The standard InChI is InChI=1S/C30H40Cl2N6O6/c1-6-24(39)37-12-10-36(11-13-37)8-7-9-38-28-19(16-33-30(35-28)34-20(17-41-2)18-42-3)14-21(29(38)40)25-26(31)22(43-4)15-23(44-5)27(25)32/h6,14-16,20,29,40H,1,7-13,17-18H2,2-5H3,(H,33,34,35). The lowest BCUT2D eigenvalue weighted by atomic mass is 9.96. The van der Waals surface area contributed by atoms with E-state index in [2.05, 4.69) is 21.8 Å². The summed E-state index contributed by atoms with van der Waals surface area (Å²) >= 11 is 13.5. The number of nitrogens with one attached hydrogen (secondary N) is 1. The molecule has 2 aliphatic heterocycles. The maximum absolute atomic E-state index is 12.0. The predicted octanol–water partition coefficient (Wildman–Crippen LogP) is 3.27. The number of benzene rings is 1. The molecule has 44 heavy (non-hydrogen) atoms. The van der Waals surface area contributed by atoms with Crippen LogP contribution in [0.4, 0.5) is 11.8 Å². The van der Waals surface area contributed by atoms with Crippen molar-refractivity contribution in [1.82, 2.24) is 19.8 Å². The highest BCUT2D eigenvalue weighted by atomic mass is 35.5. The highest BCUT2D eigenvalue weighted by Crippen LogP contribution is 2.47. The van der Waals surface area contributed by atoms with Crippen LogP contribution in [-0.4, -0.2) is 124 Å². The average molecular weight is 652 g/mol. The maximum atomic E-state index is 12.0. The molecule has 4 rings (SSSR count). The van der Waals surface area contributed by atoms with Crippen molar-refractivity contribution in [2.45, 2.75) is 18.7 Å². The van der Waals surface area contributed by atoms with Crippen LogP contribution in [0.2, 0.25) is 10.0 Å². The number of hydrogen-bond acceptors (Lipinski definition) is 11. The third-order valence-electron chi connectivity index (χ3n) is 7.62. The summed E-state index contributed by atoms with van der Waals surface area (Å²) in [5, 5.41) is 15.6. The number of fused-ring (bicyclic) bond motifs is 1. The Hall–Kier alpha value is -3.13. The number of aliphatic hydroxyl groups is 1. The molecule has 0 bridgehead atoms. The number of nitrogens with zero attached hydrogens (tertiary/aromatic N) is 5. The van der Waals surface area contributed by atoms with Gasteiger partial charge in [0.25, 0.3) is 0 Å². The van der Waals surface area contributed by atoms with E-state index in [0.29, 0.717) is 79.2 Å².